The van der Waals surface area contributed by atoms with Crippen LogP contribution in [0.1, 0.15) is 19.2 Å². The second-order valence-corrected chi connectivity index (χ2v) is 12.5. The second kappa shape index (κ2) is 12.1. The number of aromatic nitrogens is 4. The molecule has 0 aliphatic carbocycles. The number of furan rings is 1. The molecule has 0 bridgehead atoms. The Morgan fingerprint density at radius 3 is 1.89 bits per heavy atom. The molecule has 5 nitrogen and oxygen atoms in total. The van der Waals surface area contributed by atoms with Crippen LogP contribution in [-0.2, 0) is 0 Å². The summed E-state index contributed by atoms with van der Waals surface area (Å²) < 4.78 is 133. The Labute approximate surface area is 330 Å². The van der Waals surface area contributed by atoms with E-state index in [4.69, 9.17) is 33.1 Å². The van der Waals surface area contributed by atoms with Crippen LogP contribution in [0.2, 0.25) is 0 Å². The van der Waals surface area contributed by atoms with Gasteiger partial charge in [-0.05, 0) is 52.6 Å². The lowest BCUT2D eigenvalue weighted by Crippen LogP contribution is -2.04. The number of benzene rings is 8. The molecule has 54 heavy (non-hydrogen) atoms. The molecule has 3 aromatic heterocycles. The minimum Gasteiger partial charge on any atom is -0.455 e. The summed E-state index contributed by atoms with van der Waals surface area (Å²) in [5, 5.41) is -0.569. The SMILES string of the molecule is [2H]c1cc([2H])c2oc3c(-c4ccc(-n5c6c([2H])cc([2H])c([2H])c6c6c([2H])c7c([2H])c([2H])c([2H])c([2H])c7c([2H])c65)c(-c5nc(-c6ccccc6)nc(-c6ccccc6)n5)c4)cc([2H])c([2H])c3c2c1[2H]. The van der Waals surface area contributed by atoms with Gasteiger partial charge in [0, 0.05) is 43.8 Å². The molecule has 11 rings (SSSR count). The van der Waals surface area contributed by atoms with Crippen LogP contribution in [0, 0.1) is 0 Å². The van der Waals surface area contributed by atoms with Crippen molar-refractivity contribution >= 4 is 54.5 Å². The quantitative estimate of drug-likeness (QED) is 0.179. The van der Waals surface area contributed by atoms with E-state index in [1.165, 1.54) is 22.8 Å². The fourth-order valence-electron chi connectivity index (χ4n) is 6.91. The molecule has 0 spiro atoms. The van der Waals surface area contributed by atoms with Crippen molar-refractivity contribution in [3.63, 3.8) is 0 Å². The van der Waals surface area contributed by atoms with Gasteiger partial charge in [-0.25, -0.2) is 15.0 Å². The zero-order valence-corrected chi connectivity index (χ0v) is 27.9. The highest BCUT2D eigenvalue weighted by molar-refractivity contribution is 6.14. The van der Waals surface area contributed by atoms with E-state index in [9.17, 15) is 5.48 Å². The van der Waals surface area contributed by atoms with Gasteiger partial charge in [0.05, 0.1) is 35.9 Å². The van der Waals surface area contributed by atoms with Crippen molar-refractivity contribution < 1.29 is 23.6 Å². The molecule has 8 aromatic carbocycles. The third-order valence-electron chi connectivity index (χ3n) is 9.36. The first-order valence-corrected chi connectivity index (χ1v) is 17.0. The first-order chi connectivity index (χ1) is 32.6. The fourth-order valence-corrected chi connectivity index (χ4v) is 6.91. The zero-order chi connectivity index (χ0) is 47.8. The summed E-state index contributed by atoms with van der Waals surface area (Å²) in [5.74, 6) is 0.591. The maximum absolute atomic E-state index is 9.77. The van der Waals surface area contributed by atoms with Crippen molar-refractivity contribution in [2.24, 2.45) is 0 Å². The molecular weight excluding hydrogens is 661 g/mol. The molecule has 0 unspecified atom stereocenters. The van der Waals surface area contributed by atoms with Crippen molar-refractivity contribution in [1.29, 1.82) is 0 Å². The highest BCUT2D eigenvalue weighted by Gasteiger charge is 2.22. The Morgan fingerprint density at radius 1 is 0.463 bits per heavy atom. The van der Waals surface area contributed by atoms with Crippen LogP contribution in [0.3, 0.4) is 0 Å². The lowest BCUT2D eigenvalue weighted by molar-refractivity contribution is 0.670. The van der Waals surface area contributed by atoms with Crippen LogP contribution in [0.5, 0.6) is 0 Å². The van der Waals surface area contributed by atoms with Crippen LogP contribution in [-0.4, -0.2) is 19.5 Å². The molecule has 0 saturated heterocycles. The second-order valence-electron chi connectivity index (χ2n) is 12.5. The van der Waals surface area contributed by atoms with Crippen LogP contribution in [0.4, 0.5) is 0 Å². The predicted octanol–water partition coefficient (Wildman–Crippen LogP) is 12.7. The number of nitrogens with zero attached hydrogens (tertiary/aromatic N) is 4. The molecule has 0 aliphatic rings. The summed E-state index contributed by atoms with van der Waals surface area (Å²) in [6.07, 6.45) is 0. The highest BCUT2D eigenvalue weighted by atomic mass is 16.3. The van der Waals surface area contributed by atoms with Crippen molar-refractivity contribution in [2.45, 2.75) is 0 Å². The summed E-state index contributed by atoms with van der Waals surface area (Å²) in [6, 6.07) is 21.5. The van der Waals surface area contributed by atoms with Gasteiger partial charge in [-0.3, -0.25) is 0 Å². The Bertz CT molecular complexity index is 3970. The normalized spacial score (nSPS) is 15.3. The van der Waals surface area contributed by atoms with Gasteiger partial charge in [0.1, 0.15) is 11.2 Å². The van der Waals surface area contributed by atoms with E-state index in [-0.39, 0.29) is 137 Å². The summed E-state index contributed by atoms with van der Waals surface area (Å²) in [5.41, 5.74) is 2.21. The third kappa shape index (κ3) is 4.83. The Hall–Kier alpha value is -7.37. The van der Waals surface area contributed by atoms with Crippen LogP contribution in [0.15, 0.2) is 186 Å². The molecule has 5 heteroatoms. The summed E-state index contributed by atoms with van der Waals surface area (Å²) in [6.45, 7) is 0. The smallest absolute Gasteiger partial charge is 0.166 e. The molecule has 0 saturated carbocycles. The Balaban J connectivity index is 1.34. The number of rotatable bonds is 5. The molecule has 0 fully saturated rings. The predicted molar refractivity (Wildman–Crippen MR) is 221 cm³/mol. The molecular formula is C49H30N4O. The number of hydrogen-bond acceptors (Lipinski definition) is 4. The van der Waals surface area contributed by atoms with Crippen molar-refractivity contribution in [2.75, 3.05) is 0 Å². The topological polar surface area (TPSA) is 56.7 Å². The van der Waals surface area contributed by atoms with Gasteiger partial charge in [-0.2, -0.15) is 0 Å². The minimum absolute atomic E-state index is 0.00740. The first-order valence-electron chi connectivity index (χ1n) is 24.0. The van der Waals surface area contributed by atoms with Crippen molar-refractivity contribution in [3.8, 4) is 51.0 Å². The summed E-state index contributed by atoms with van der Waals surface area (Å²) in [4.78, 5) is 14.9. The molecule has 11 aromatic rings. The van der Waals surface area contributed by atoms with Gasteiger partial charge < -0.3 is 8.98 Å². The third-order valence-corrected chi connectivity index (χ3v) is 9.36. The highest BCUT2D eigenvalue weighted by Crippen LogP contribution is 2.41. The summed E-state index contributed by atoms with van der Waals surface area (Å²) >= 11 is 0. The number of para-hydroxylation sites is 3. The van der Waals surface area contributed by atoms with Gasteiger partial charge in [-0.15, -0.1) is 0 Å². The van der Waals surface area contributed by atoms with Gasteiger partial charge in [-0.1, -0.05) is 145 Å². The van der Waals surface area contributed by atoms with E-state index in [0.717, 1.165) is 0 Å². The molecule has 3 heterocycles. The molecule has 0 atom stereocenters. The molecule has 0 N–H and O–H groups in total. The van der Waals surface area contributed by atoms with Crippen LogP contribution < -0.4 is 0 Å². The van der Waals surface area contributed by atoms with E-state index in [1.54, 1.807) is 18.2 Å². The van der Waals surface area contributed by atoms with Crippen molar-refractivity contribution in [1.82, 2.24) is 19.5 Å². The fraction of sp³-hybridized carbons (Fsp3) is 0. The molecule has 0 radical (unpaired) electrons. The lowest BCUT2D eigenvalue weighted by Gasteiger charge is -2.16. The maximum atomic E-state index is 9.77. The average Bonchev–Trinajstić information content (AvgIpc) is 3.93. The van der Waals surface area contributed by atoms with E-state index < -0.39 is 36.3 Å². The minimum atomic E-state index is -0.622. The molecule has 0 aliphatic heterocycles. The largest absolute Gasteiger partial charge is 0.455 e. The lowest BCUT2D eigenvalue weighted by atomic mass is 9.98. The van der Waals surface area contributed by atoms with E-state index in [1.807, 2.05) is 60.7 Å². The van der Waals surface area contributed by atoms with Gasteiger partial charge in [0.2, 0.25) is 0 Å². The van der Waals surface area contributed by atoms with Crippen LogP contribution >= 0.6 is 0 Å². The average molecular weight is 705 g/mol. The van der Waals surface area contributed by atoms with Gasteiger partial charge in [0.25, 0.3) is 0 Å². The first kappa shape index (κ1) is 19.5. The monoisotopic (exact) mass is 704 g/mol. The molecule has 0 amide bonds. The Kier molecular flexibility index (Phi) is 4.36. The zero-order valence-electron chi connectivity index (χ0n) is 41.9. The molecule has 252 valence electrons. The standard InChI is InChI=1S/C49H30N4O/c1-3-14-31(15-4-1)47-50-48(32-16-5-2-6-17-32)52-49(51-47)41-29-35(36-22-13-23-39-38-21-10-12-25-45(38)54-46(36)39)26-27-43(41)53-42-24-11-9-20-37(42)40-28-33-18-7-8-19-34(33)30-44(40)53/h1-30H/i7D,8D,9D,10D,13D,18D,19D,20D,21D,23D,24D,25D,28D,30D. The van der Waals surface area contributed by atoms with E-state index in [0.29, 0.717) is 16.7 Å². The van der Waals surface area contributed by atoms with Crippen molar-refractivity contribution in [3.05, 3.63) is 182 Å². The van der Waals surface area contributed by atoms with Gasteiger partial charge >= 0.3 is 0 Å². The Morgan fingerprint density at radius 2 is 1.13 bits per heavy atom. The number of fused-ring (bicyclic) bond motifs is 7. The maximum Gasteiger partial charge on any atom is 0.166 e. The van der Waals surface area contributed by atoms with E-state index >= 15 is 0 Å². The van der Waals surface area contributed by atoms with Crippen LogP contribution in [0.25, 0.3) is 105 Å². The number of hydrogen-bond donors (Lipinski definition) is 0. The van der Waals surface area contributed by atoms with E-state index in [2.05, 4.69) is 0 Å². The summed E-state index contributed by atoms with van der Waals surface area (Å²) in [7, 11) is 0. The van der Waals surface area contributed by atoms with Gasteiger partial charge in [0.15, 0.2) is 17.5 Å².